The molecule has 1 amide bonds. The lowest BCUT2D eigenvalue weighted by molar-refractivity contribution is 0.102. The molecule has 0 atom stereocenters. The van der Waals surface area contributed by atoms with Crippen molar-refractivity contribution in [3.05, 3.63) is 59.8 Å². The van der Waals surface area contributed by atoms with Gasteiger partial charge in [-0.1, -0.05) is 11.6 Å². The third-order valence-corrected chi connectivity index (χ3v) is 4.62. The van der Waals surface area contributed by atoms with Crippen molar-refractivity contribution in [1.82, 2.24) is 4.98 Å². The van der Waals surface area contributed by atoms with Crippen LogP contribution in [-0.2, 0) is 0 Å². The molecule has 1 aliphatic rings. The number of benzene rings is 2. The number of hydrogen-bond acceptors (Lipinski definition) is 2. The molecule has 2 N–H and O–H groups in total. The van der Waals surface area contributed by atoms with Crippen molar-refractivity contribution in [1.29, 1.82) is 0 Å². The van der Waals surface area contributed by atoms with Gasteiger partial charge in [0, 0.05) is 35.4 Å². The van der Waals surface area contributed by atoms with E-state index in [1.54, 1.807) is 0 Å². The summed E-state index contributed by atoms with van der Waals surface area (Å²) in [5.74, 6) is -0.113. The van der Waals surface area contributed by atoms with E-state index in [9.17, 15) is 4.79 Å². The topological polar surface area (TPSA) is 48.1 Å². The number of aromatic nitrogens is 1. The second-order valence-electron chi connectivity index (χ2n) is 6.47. The highest BCUT2D eigenvalue weighted by atomic mass is 16.1. The molecule has 2 aromatic carbocycles. The van der Waals surface area contributed by atoms with E-state index in [-0.39, 0.29) is 5.91 Å². The number of aromatic amines is 1. The van der Waals surface area contributed by atoms with Crippen molar-refractivity contribution < 1.29 is 4.79 Å². The molecule has 122 valence electrons. The lowest BCUT2D eigenvalue weighted by atomic mass is 10.2. The van der Waals surface area contributed by atoms with E-state index in [0.29, 0.717) is 5.69 Å². The minimum Gasteiger partial charge on any atom is -0.372 e. The Hall–Kier alpha value is -2.75. The molecule has 0 saturated carbocycles. The molecule has 0 aliphatic carbocycles. The van der Waals surface area contributed by atoms with E-state index in [1.807, 2.05) is 37.3 Å². The van der Waals surface area contributed by atoms with Gasteiger partial charge in [-0.25, -0.2) is 0 Å². The number of carbonyl (C=O) groups is 1. The molecule has 1 fully saturated rings. The third kappa shape index (κ3) is 2.87. The van der Waals surface area contributed by atoms with Crippen LogP contribution in [0.3, 0.4) is 0 Å². The second-order valence-corrected chi connectivity index (χ2v) is 6.47. The number of H-pyrrole nitrogens is 1. The molecule has 2 heterocycles. The van der Waals surface area contributed by atoms with Crippen LogP contribution in [0.15, 0.2) is 48.5 Å². The molecule has 3 aromatic rings. The summed E-state index contributed by atoms with van der Waals surface area (Å²) in [7, 11) is 0. The summed E-state index contributed by atoms with van der Waals surface area (Å²) in [6.07, 6.45) is 2.52. The standard InChI is InChI=1S/C20H21N3O/c1-14-4-9-18-15(12-14)13-19(22-18)20(24)21-16-5-7-17(8-6-16)23-10-2-3-11-23/h4-9,12-13,22H,2-3,10-11H2,1H3,(H,21,24). The van der Waals surface area contributed by atoms with Crippen LogP contribution in [0.5, 0.6) is 0 Å². The Kier molecular flexibility index (Phi) is 3.73. The van der Waals surface area contributed by atoms with Gasteiger partial charge in [-0.2, -0.15) is 0 Å². The minimum absolute atomic E-state index is 0.113. The number of carbonyl (C=O) groups excluding carboxylic acids is 1. The Labute approximate surface area is 141 Å². The highest BCUT2D eigenvalue weighted by Gasteiger charge is 2.13. The van der Waals surface area contributed by atoms with E-state index < -0.39 is 0 Å². The van der Waals surface area contributed by atoms with E-state index in [4.69, 9.17) is 0 Å². The van der Waals surface area contributed by atoms with Gasteiger partial charge in [-0.3, -0.25) is 4.79 Å². The Morgan fingerprint density at radius 3 is 2.54 bits per heavy atom. The molecule has 0 spiro atoms. The second kappa shape index (κ2) is 6.04. The summed E-state index contributed by atoms with van der Waals surface area (Å²) in [6.45, 7) is 4.30. The first kappa shape index (κ1) is 14.8. The molecule has 4 nitrogen and oxygen atoms in total. The van der Waals surface area contributed by atoms with Gasteiger partial charge >= 0.3 is 0 Å². The van der Waals surface area contributed by atoms with Gasteiger partial charge < -0.3 is 15.2 Å². The van der Waals surface area contributed by atoms with Crippen molar-refractivity contribution in [3.8, 4) is 0 Å². The zero-order valence-corrected chi connectivity index (χ0v) is 13.8. The van der Waals surface area contributed by atoms with Crippen LogP contribution in [0.25, 0.3) is 10.9 Å². The van der Waals surface area contributed by atoms with E-state index in [1.165, 1.54) is 24.1 Å². The Morgan fingerprint density at radius 1 is 1.04 bits per heavy atom. The van der Waals surface area contributed by atoms with Gasteiger partial charge in [0.1, 0.15) is 5.69 Å². The molecule has 4 rings (SSSR count). The average Bonchev–Trinajstić information content (AvgIpc) is 3.24. The number of hydrogen-bond donors (Lipinski definition) is 2. The summed E-state index contributed by atoms with van der Waals surface area (Å²) in [6, 6.07) is 16.1. The molecule has 4 heteroatoms. The molecule has 0 radical (unpaired) electrons. The maximum atomic E-state index is 12.5. The highest BCUT2D eigenvalue weighted by Crippen LogP contribution is 2.23. The van der Waals surface area contributed by atoms with Crippen LogP contribution in [0.4, 0.5) is 11.4 Å². The number of nitrogens with one attached hydrogen (secondary N) is 2. The van der Waals surface area contributed by atoms with Crippen LogP contribution in [0.1, 0.15) is 28.9 Å². The van der Waals surface area contributed by atoms with Crippen LogP contribution in [-0.4, -0.2) is 24.0 Å². The molecule has 1 aromatic heterocycles. The fraction of sp³-hybridized carbons (Fsp3) is 0.250. The quantitative estimate of drug-likeness (QED) is 0.755. The number of fused-ring (bicyclic) bond motifs is 1. The van der Waals surface area contributed by atoms with E-state index in [2.05, 4.69) is 33.4 Å². The van der Waals surface area contributed by atoms with Gasteiger partial charge in [-0.05, 0) is 62.2 Å². The fourth-order valence-corrected chi connectivity index (χ4v) is 3.30. The normalized spacial score (nSPS) is 14.3. The van der Waals surface area contributed by atoms with Gasteiger partial charge in [0.15, 0.2) is 0 Å². The number of amides is 1. The summed E-state index contributed by atoms with van der Waals surface area (Å²) in [5.41, 5.74) is 4.80. The number of aryl methyl sites for hydroxylation is 1. The molecule has 24 heavy (non-hydrogen) atoms. The van der Waals surface area contributed by atoms with Gasteiger partial charge in [-0.15, -0.1) is 0 Å². The lowest BCUT2D eigenvalue weighted by Gasteiger charge is -2.17. The summed E-state index contributed by atoms with van der Waals surface area (Å²) in [4.78, 5) is 18.0. The highest BCUT2D eigenvalue weighted by molar-refractivity contribution is 6.06. The molecular formula is C20H21N3O. The monoisotopic (exact) mass is 319 g/mol. The van der Waals surface area contributed by atoms with Crippen molar-refractivity contribution in [3.63, 3.8) is 0 Å². The minimum atomic E-state index is -0.113. The molecule has 0 unspecified atom stereocenters. The SMILES string of the molecule is Cc1ccc2[nH]c(C(=O)Nc3ccc(N4CCCC4)cc3)cc2c1. The number of nitrogens with zero attached hydrogens (tertiary/aromatic N) is 1. The van der Waals surface area contributed by atoms with Gasteiger partial charge in [0.25, 0.3) is 5.91 Å². The van der Waals surface area contributed by atoms with E-state index in [0.717, 1.165) is 29.7 Å². The van der Waals surface area contributed by atoms with E-state index >= 15 is 0 Å². The van der Waals surface area contributed by atoms with Crippen LogP contribution in [0, 0.1) is 6.92 Å². The first-order valence-corrected chi connectivity index (χ1v) is 8.45. The van der Waals surface area contributed by atoms with Crippen molar-refractivity contribution in [2.45, 2.75) is 19.8 Å². The van der Waals surface area contributed by atoms with Crippen molar-refractivity contribution in [2.24, 2.45) is 0 Å². The Balaban J connectivity index is 1.50. The fourth-order valence-electron chi connectivity index (χ4n) is 3.30. The summed E-state index contributed by atoms with van der Waals surface area (Å²) < 4.78 is 0. The molecule has 0 bridgehead atoms. The van der Waals surface area contributed by atoms with Gasteiger partial charge in [0.2, 0.25) is 0 Å². The Morgan fingerprint density at radius 2 is 1.79 bits per heavy atom. The lowest BCUT2D eigenvalue weighted by Crippen LogP contribution is -2.17. The van der Waals surface area contributed by atoms with Crippen LogP contribution >= 0.6 is 0 Å². The van der Waals surface area contributed by atoms with Crippen LogP contribution in [0.2, 0.25) is 0 Å². The Bertz CT molecular complexity index is 874. The molecule has 1 saturated heterocycles. The zero-order valence-electron chi connectivity index (χ0n) is 13.8. The number of rotatable bonds is 3. The van der Waals surface area contributed by atoms with Crippen LogP contribution < -0.4 is 10.2 Å². The molecular weight excluding hydrogens is 298 g/mol. The largest absolute Gasteiger partial charge is 0.372 e. The van der Waals surface area contributed by atoms with Crippen molar-refractivity contribution >= 4 is 28.2 Å². The number of anilines is 2. The maximum absolute atomic E-state index is 12.5. The predicted molar refractivity (Wildman–Crippen MR) is 98.9 cm³/mol. The summed E-state index contributed by atoms with van der Waals surface area (Å²) >= 11 is 0. The maximum Gasteiger partial charge on any atom is 0.272 e. The smallest absolute Gasteiger partial charge is 0.272 e. The first-order chi connectivity index (χ1) is 11.7. The zero-order chi connectivity index (χ0) is 16.5. The third-order valence-electron chi connectivity index (χ3n) is 4.62. The van der Waals surface area contributed by atoms with Crippen molar-refractivity contribution in [2.75, 3.05) is 23.3 Å². The van der Waals surface area contributed by atoms with Gasteiger partial charge in [0.05, 0.1) is 0 Å². The predicted octanol–water partition coefficient (Wildman–Crippen LogP) is 4.33. The first-order valence-electron chi connectivity index (χ1n) is 8.45. The molecule has 1 aliphatic heterocycles. The summed E-state index contributed by atoms with van der Waals surface area (Å²) in [5, 5.41) is 4.02. The average molecular weight is 319 g/mol.